The number of amides is 13. The van der Waals surface area contributed by atoms with Gasteiger partial charge in [-0.1, -0.05) is 44.2 Å². The summed E-state index contributed by atoms with van der Waals surface area (Å²) in [5, 5.41) is 54.2. The summed E-state index contributed by atoms with van der Waals surface area (Å²) in [6, 6.07) is -6.32. The van der Waals surface area contributed by atoms with E-state index in [1.54, 1.807) is 44.2 Å². The Labute approximate surface area is 665 Å². The monoisotopic (exact) mass is 1650 g/mol. The number of guanidine groups is 2. The maximum Gasteiger partial charge on any atom is 0.490 e. The number of H-pyrrole nitrogens is 1. The number of benzene rings is 1. The molecule has 6 rings (SSSR count). The molecule has 4 aliphatic rings. The molecule has 24 N–H and O–H groups in total. The molecule has 0 aliphatic carbocycles. The Morgan fingerprint density at radius 3 is 1.57 bits per heavy atom. The highest BCUT2D eigenvalue weighted by Gasteiger charge is 2.44. The topological polar surface area (TPSA) is 630 Å². The summed E-state index contributed by atoms with van der Waals surface area (Å²) < 4.78 is 31.7. The Morgan fingerprint density at radius 2 is 1.06 bits per heavy atom. The van der Waals surface area contributed by atoms with Gasteiger partial charge in [0.05, 0.1) is 19.5 Å². The van der Waals surface area contributed by atoms with Gasteiger partial charge in [-0.2, -0.15) is 24.9 Å². The lowest BCUT2D eigenvalue weighted by Gasteiger charge is -2.31. The number of carbonyl (C=O) groups excluding carboxylic acids is 13. The van der Waals surface area contributed by atoms with Gasteiger partial charge in [-0.15, -0.1) is 0 Å². The van der Waals surface area contributed by atoms with Crippen molar-refractivity contribution in [2.45, 2.75) is 215 Å². The van der Waals surface area contributed by atoms with Crippen LogP contribution < -0.4 is 81.8 Å². The lowest BCUT2D eigenvalue weighted by Crippen LogP contribution is -2.61. The van der Waals surface area contributed by atoms with Crippen LogP contribution in [0.4, 0.5) is 13.2 Å². The van der Waals surface area contributed by atoms with Crippen molar-refractivity contribution in [1.29, 1.82) is 0 Å². The van der Waals surface area contributed by atoms with Gasteiger partial charge in [0.15, 0.2) is 11.9 Å². The van der Waals surface area contributed by atoms with Crippen molar-refractivity contribution in [1.82, 2.24) is 77.8 Å². The van der Waals surface area contributed by atoms with Crippen molar-refractivity contribution < 1.29 is 100 Å². The molecule has 1 aromatic carbocycles. The Kier molecular flexibility index (Phi) is 39.3. The number of nitrogens with one attached hydrogen (secondary N) is 11. The molecule has 638 valence electrons. The van der Waals surface area contributed by atoms with Crippen molar-refractivity contribution >= 4 is 112 Å². The van der Waals surface area contributed by atoms with Crippen LogP contribution in [0.2, 0.25) is 0 Å². The van der Waals surface area contributed by atoms with Crippen LogP contribution in [-0.4, -0.2) is 284 Å². The van der Waals surface area contributed by atoms with Crippen molar-refractivity contribution in [2.75, 3.05) is 64.4 Å². The van der Waals surface area contributed by atoms with Crippen LogP contribution in [0.3, 0.4) is 0 Å². The van der Waals surface area contributed by atoms with E-state index >= 15 is 0 Å². The molecule has 12 atom stereocenters. The number of hydrogen-bond acceptors (Lipinski definition) is 21. The fourth-order valence-corrected chi connectivity index (χ4v) is 13.7. The minimum Gasteiger partial charge on any atom is -0.480 e. The number of carbonyl (C=O) groups is 15. The van der Waals surface area contributed by atoms with Crippen molar-refractivity contribution in [2.24, 2.45) is 44.6 Å². The van der Waals surface area contributed by atoms with Crippen LogP contribution in [0.5, 0.6) is 0 Å². The molecule has 4 saturated heterocycles. The number of hydrogen-bond donors (Lipinski definition) is 19. The first-order chi connectivity index (χ1) is 54.6. The molecule has 0 radical (unpaired) electrons. The van der Waals surface area contributed by atoms with E-state index in [0.29, 0.717) is 49.1 Å². The number of halogens is 3. The molecule has 0 spiro atoms. The minimum absolute atomic E-state index is 0.00585. The van der Waals surface area contributed by atoms with E-state index in [-0.39, 0.29) is 153 Å². The number of aliphatic carboxylic acids is 2. The van der Waals surface area contributed by atoms with Crippen LogP contribution in [0.1, 0.15) is 134 Å². The second-order valence-corrected chi connectivity index (χ2v) is 29.4. The first-order valence-corrected chi connectivity index (χ1v) is 39.3. The van der Waals surface area contributed by atoms with Gasteiger partial charge in [-0.3, -0.25) is 72.3 Å². The van der Waals surface area contributed by atoms with E-state index in [1.165, 1.54) is 39.0 Å². The van der Waals surface area contributed by atoms with Crippen molar-refractivity contribution in [3.8, 4) is 0 Å². The summed E-state index contributed by atoms with van der Waals surface area (Å²) in [5.74, 6) is -13.7. The molecular weight excluding hydrogens is 1540 g/mol. The number of nitrogens with zero attached hydrogens (tertiary/aromatic N) is 6. The molecule has 0 saturated carbocycles. The number of alkyl halides is 3. The number of aromatic amines is 1. The number of thioether (sulfide) groups is 1. The number of nitrogens with two attached hydrogens (primary N) is 5. The summed E-state index contributed by atoms with van der Waals surface area (Å²) in [6.07, 6.45) is 2.51. The Hall–Kier alpha value is -10.9. The molecule has 4 fully saturated rings. The number of carboxylic acid groups (broad SMARTS) is 2. The predicted molar refractivity (Wildman–Crippen MR) is 410 cm³/mol. The zero-order chi connectivity index (χ0) is 85.1. The van der Waals surface area contributed by atoms with Crippen LogP contribution in [0.25, 0.3) is 0 Å². The molecule has 5 heterocycles. The number of imidazole rings is 1. The molecule has 1 aromatic heterocycles. The van der Waals surface area contributed by atoms with Crippen LogP contribution in [-0.2, 0) is 84.8 Å². The van der Waals surface area contributed by atoms with Gasteiger partial charge < -0.3 is 117 Å². The molecule has 44 heteroatoms. The molecule has 4 aliphatic heterocycles. The van der Waals surface area contributed by atoms with E-state index < -0.39 is 175 Å². The third-order valence-electron chi connectivity index (χ3n) is 19.1. The molecular formula is C71H109F3N22O18S. The molecule has 40 nitrogen and oxygen atoms in total. The lowest BCUT2D eigenvalue weighted by atomic mass is 10.0. The van der Waals surface area contributed by atoms with E-state index in [9.17, 15) is 90.5 Å². The van der Waals surface area contributed by atoms with Gasteiger partial charge in [0, 0.05) is 63.9 Å². The quantitative estimate of drug-likeness (QED) is 0.0168. The third kappa shape index (κ3) is 31.4. The van der Waals surface area contributed by atoms with Gasteiger partial charge >= 0.3 is 18.1 Å². The fourth-order valence-electron chi connectivity index (χ4n) is 13.3. The van der Waals surface area contributed by atoms with Crippen LogP contribution in [0, 0.1) is 5.92 Å². The molecule has 0 unspecified atom stereocenters. The number of aromatic nitrogens is 2. The summed E-state index contributed by atoms with van der Waals surface area (Å²) in [5.41, 5.74) is 29.0. The van der Waals surface area contributed by atoms with Gasteiger partial charge in [0.25, 0.3) is 0 Å². The Bertz CT molecular complexity index is 3710. The highest BCUT2D eigenvalue weighted by Crippen LogP contribution is 2.25. The standard InChI is InChI=1S/C69H108N22O16S.C2HF3O2/c1-39(2)32-47(85-57(96)43(17-9-26-76-68(71)72)82-63(102)52-20-12-29-90(52)65(104)45(18-10-27-77-69(73)74)83-58(97)44-22-23-54(93)80-44)59(98)88-50(37-92)61(100)86-48(34-41-35-75-38-79-41)60(99)81-42(16-7-8-25-70)56(95)78-36-55(94)89-28-11-19-51(89)62(101)84-46(24-31-108-3)66(105)91-30-13-21-53(91)64(103)87-49(67(106)107)33-40-14-5-4-6-15-40;3-2(4,5)1(6)7/h4-6,14-15,35,38-39,42-53,92H,7-13,16-34,36-37,70H2,1-3H3,(H,75,79)(H,78,95)(H,80,93)(H,81,99)(H,82,102)(H,83,97)(H,84,101)(H,85,96)(H,86,100)(H,87,103)(H,88,98)(H,106,107)(H4,71,72,76)(H4,73,74,77);(H,6,7)/t42-,43-,44-,45-,46-,47-,48-,49-,50-,51-,52-,53-;/m0./s1. The van der Waals surface area contributed by atoms with E-state index in [1.807, 2.05) is 6.26 Å². The number of carboxylic acids is 2. The summed E-state index contributed by atoms with van der Waals surface area (Å²) in [7, 11) is 0. The average molecular weight is 1650 g/mol. The second kappa shape index (κ2) is 47.7. The zero-order valence-corrected chi connectivity index (χ0v) is 65.2. The van der Waals surface area contributed by atoms with Crippen molar-refractivity contribution in [3.05, 3.63) is 54.1 Å². The first-order valence-electron chi connectivity index (χ1n) is 37.9. The number of likely N-dealkylation sites (tertiary alicyclic amines) is 3. The first kappa shape index (κ1) is 94.7. The van der Waals surface area contributed by atoms with Gasteiger partial charge in [-0.05, 0) is 133 Å². The van der Waals surface area contributed by atoms with Gasteiger partial charge in [0.2, 0.25) is 76.8 Å². The maximum absolute atomic E-state index is 14.5. The normalized spacial score (nSPS) is 18.5. The van der Waals surface area contributed by atoms with Crippen molar-refractivity contribution in [3.63, 3.8) is 0 Å². The number of unbranched alkanes of at least 4 members (excludes halogenated alkanes) is 1. The zero-order valence-electron chi connectivity index (χ0n) is 64.4. The molecule has 13 amide bonds. The number of aliphatic imine (C=N–C) groups is 2. The second-order valence-electron chi connectivity index (χ2n) is 28.4. The maximum atomic E-state index is 14.5. The highest BCUT2D eigenvalue weighted by atomic mass is 32.2. The Balaban J connectivity index is 0.00000321. The molecule has 115 heavy (non-hydrogen) atoms. The smallest absolute Gasteiger partial charge is 0.480 e. The summed E-state index contributed by atoms with van der Waals surface area (Å²) >= 11 is 1.42. The van der Waals surface area contributed by atoms with Crippen LogP contribution in [0.15, 0.2) is 52.8 Å². The van der Waals surface area contributed by atoms with Gasteiger partial charge in [-0.25, -0.2) is 14.6 Å². The van der Waals surface area contributed by atoms with E-state index in [4.69, 9.17) is 38.6 Å². The average Bonchev–Trinajstić information content (AvgIpc) is 1.71. The third-order valence-corrected chi connectivity index (χ3v) is 19.8. The Morgan fingerprint density at radius 1 is 0.591 bits per heavy atom. The van der Waals surface area contributed by atoms with E-state index in [0.717, 1.165) is 0 Å². The molecule has 0 bridgehead atoms. The number of aliphatic hydroxyl groups excluding tert-OH is 1. The highest BCUT2D eigenvalue weighted by molar-refractivity contribution is 7.98. The summed E-state index contributed by atoms with van der Waals surface area (Å²) in [6.45, 7) is 2.58. The SMILES string of the molecule is CSCC[C@H](NC(=O)[C@@H]1CCCN1C(=O)CNC(=O)[C@H](CCCCN)NC(=O)[C@H](Cc1cnc[nH]1)NC(=O)[C@H](CO)NC(=O)[C@H](CC(C)C)NC(=O)[C@H](CCCN=C(N)N)NC(=O)[C@@H]1CCCN1C(=O)[C@H](CCCN=C(N)N)NC(=O)[C@@H]1CCC(=O)N1)C(=O)N1CCC[C@H]1C(=O)N[C@@H](Cc1ccccc1)C(=O)O.O=C(O)C(F)(F)F. The molecule has 2 aromatic rings. The summed E-state index contributed by atoms with van der Waals surface area (Å²) in [4.78, 5) is 222. The fraction of sp³-hybridized carbons (Fsp3) is 0.634. The number of rotatable bonds is 44. The lowest BCUT2D eigenvalue weighted by molar-refractivity contribution is -0.192. The number of aliphatic hydroxyl groups is 1. The van der Waals surface area contributed by atoms with Gasteiger partial charge in [0.1, 0.15) is 72.5 Å². The van der Waals surface area contributed by atoms with Crippen LogP contribution >= 0.6 is 11.8 Å². The minimum atomic E-state index is -5.08. The largest absolute Gasteiger partial charge is 0.490 e. The predicted octanol–water partition coefficient (Wildman–Crippen LogP) is -4.81. The van der Waals surface area contributed by atoms with E-state index in [2.05, 4.69) is 73.1 Å².